The van der Waals surface area contributed by atoms with E-state index in [0.29, 0.717) is 11.3 Å². The Balaban J connectivity index is 1.53. The van der Waals surface area contributed by atoms with Gasteiger partial charge in [0.1, 0.15) is 0 Å². The average molecular weight is 280 g/mol. The summed E-state index contributed by atoms with van der Waals surface area (Å²) in [6.45, 7) is 3.71. The Labute approximate surface area is 122 Å². The standard InChI is InChI=1S/C16H28N2O2/c17-14-3-1-2-13(12-14)15(19)18-8-4-16(5-9-18)6-10-20-11-7-16/h13-14H,1-12,17H2/t13-,14+/m1/s1. The molecule has 4 nitrogen and oxygen atoms in total. The van der Waals surface area contributed by atoms with E-state index in [0.717, 1.165) is 52.0 Å². The average Bonchev–Trinajstić information content (AvgIpc) is 2.48. The fraction of sp³-hybridized carbons (Fsp3) is 0.938. The zero-order valence-electron chi connectivity index (χ0n) is 12.5. The minimum absolute atomic E-state index is 0.197. The van der Waals surface area contributed by atoms with Gasteiger partial charge in [0.25, 0.3) is 0 Å². The maximum atomic E-state index is 12.6. The summed E-state index contributed by atoms with van der Waals surface area (Å²) < 4.78 is 5.48. The summed E-state index contributed by atoms with van der Waals surface area (Å²) in [6, 6.07) is 0.240. The summed E-state index contributed by atoms with van der Waals surface area (Å²) in [5.41, 5.74) is 6.49. The highest BCUT2D eigenvalue weighted by molar-refractivity contribution is 5.79. The van der Waals surface area contributed by atoms with Crippen LogP contribution >= 0.6 is 0 Å². The van der Waals surface area contributed by atoms with Gasteiger partial charge in [0, 0.05) is 38.3 Å². The number of rotatable bonds is 1. The molecule has 114 valence electrons. The zero-order chi connectivity index (χ0) is 14.0. The van der Waals surface area contributed by atoms with Gasteiger partial charge in [-0.3, -0.25) is 4.79 Å². The second kappa shape index (κ2) is 6.02. The van der Waals surface area contributed by atoms with Gasteiger partial charge in [0.2, 0.25) is 5.91 Å². The predicted octanol–water partition coefficient (Wildman–Crippen LogP) is 1.92. The van der Waals surface area contributed by atoms with Crippen LogP contribution in [-0.2, 0) is 9.53 Å². The fourth-order valence-corrected chi connectivity index (χ4v) is 4.22. The molecule has 1 amide bonds. The first kappa shape index (κ1) is 14.3. The molecule has 2 atom stereocenters. The largest absolute Gasteiger partial charge is 0.381 e. The van der Waals surface area contributed by atoms with Crippen molar-refractivity contribution >= 4 is 5.91 Å². The number of piperidine rings is 1. The maximum Gasteiger partial charge on any atom is 0.225 e. The highest BCUT2D eigenvalue weighted by Crippen LogP contribution is 2.41. The zero-order valence-corrected chi connectivity index (χ0v) is 12.5. The number of carbonyl (C=O) groups excluding carboxylic acids is 1. The molecule has 1 saturated carbocycles. The van der Waals surface area contributed by atoms with Crippen molar-refractivity contribution in [2.24, 2.45) is 17.1 Å². The molecule has 0 aromatic rings. The topological polar surface area (TPSA) is 55.6 Å². The van der Waals surface area contributed by atoms with Crippen LogP contribution in [0.2, 0.25) is 0 Å². The molecule has 2 heterocycles. The number of ether oxygens (including phenoxy) is 1. The third-order valence-electron chi connectivity index (χ3n) is 5.75. The van der Waals surface area contributed by atoms with Crippen molar-refractivity contribution in [1.29, 1.82) is 0 Å². The molecule has 0 radical (unpaired) electrons. The van der Waals surface area contributed by atoms with E-state index >= 15 is 0 Å². The van der Waals surface area contributed by atoms with Crippen LogP contribution in [0.25, 0.3) is 0 Å². The van der Waals surface area contributed by atoms with E-state index in [4.69, 9.17) is 10.5 Å². The van der Waals surface area contributed by atoms with Crippen LogP contribution in [-0.4, -0.2) is 43.2 Å². The second-order valence-corrected chi connectivity index (χ2v) is 7.06. The molecule has 0 bridgehead atoms. The maximum absolute atomic E-state index is 12.6. The molecule has 4 heteroatoms. The van der Waals surface area contributed by atoms with Gasteiger partial charge in [-0.1, -0.05) is 6.42 Å². The molecular formula is C16H28N2O2. The van der Waals surface area contributed by atoms with Crippen molar-refractivity contribution in [3.05, 3.63) is 0 Å². The van der Waals surface area contributed by atoms with E-state index in [-0.39, 0.29) is 12.0 Å². The Hall–Kier alpha value is -0.610. The number of nitrogens with two attached hydrogens (primary N) is 1. The molecule has 1 aliphatic carbocycles. The molecule has 2 N–H and O–H groups in total. The first-order chi connectivity index (χ1) is 9.69. The van der Waals surface area contributed by atoms with Gasteiger partial charge in [-0.25, -0.2) is 0 Å². The lowest BCUT2D eigenvalue weighted by molar-refractivity contribution is -0.140. The van der Waals surface area contributed by atoms with Gasteiger partial charge < -0.3 is 15.4 Å². The van der Waals surface area contributed by atoms with Gasteiger partial charge in [0.05, 0.1) is 0 Å². The first-order valence-electron chi connectivity index (χ1n) is 8.31. The van der Waals surface area contributed by atoms with Crippen LogP contribution in [0.5, 0.6) is 0 Å². The van der Waals surface area contributed by atoms with E-state index < -0.39 is 0 Å². The summed E-state index contributed by atoms with van der Waals surface area (Å²) in [6.07, 6.45) is 8.85. The number of hydrogen-bond acceptors (Lipinski definition) is 3. The molecule has 0 unspecified atom stereocenters. The molecule has 3 rings (SSSR count). The van der Waals surface area contributed by atoms with Crippen molar-refractivity contribution in [2.75, 3.05) is 26.3 Å². The van der Waals surface area contributed by atoms with Gasteiger partial charge >= 0.3 is 0 Å². The Kier molecular flexibility index (Phi) is 4.32. The van der Waals surface area contributed by atoms with Crippen LogP contribution in [0.15, 0.2) is 0 Å². The molecule has 1 spiro atoms. The van der Waals surface area contributed by atoms with Gasteiger partial charge in [-0.05, 0) is 50.4 Å². The van der Waals surface area contributed by atoms with Gasteiger partial charge in [-0.2, -0.15) is 0 Å². The SMILES string of the molecule is N[C@H]1CCC[C@@H](C(=O)N2CCC3(CCOCC3)CC2)C1. The van der Waals surface area contributed by atoms with E-state index in [1.165, 1.54) is 25.7 Å². The molecule has 0 aromatic heterocycles. The van der Waals surface area contributed by atoms with Crippen LogP contribution in [0.4, 0.5) is 0 Å². The quantitative estimate of drug-likeness (QED) is 0.798. The number of amides is 1. The predicted molar refractivity (Wildman–Crippen MR) is 78.2 cm³/mol. The Bertz CT molecular complexity index is 342. The summed E-state index contributed by atoms with van der Waals surface area (Å²) in [7, 11) is 0. The minimum Gasteiger partial charge on any atom is -0.381 e. The lowest BCUT2D eigenvalue weighted by Gasteiger charge is -2.45. The third-order valence-corrected chi connectivity index (χ3v) is 5.75. The molecule has 3 fully saturated rings. The number of nitrogens with zero attached hydrogens (tertiary/aromatic N) is 1. The van der Waals surface area contributed by atoms with E-state index in [1.54, 1.807) is 0 Å². The Morgan fingerprint density at radius 1 is 1.10 bits per heavy atom. The Morgan fingerprint density at radius 2 is 1.80 bits per heavy atom. The van der Waals surface area contributed by atoms with Gasteiger partial charge in [0.15, 0.2) is 0 Å². The van der Waals surface area contributed by atoms with Crippen molar-refractivity contribution < 1.29 is 9.53 Å². The van der Waals surface area contributed by atoms with Crippen molar-refractivity contribution in [2.45, 2.75) is 57.4 Å². The smallest absolute Gasteiger partial charge is 0.225 e. The number of hydrogen-bond donors (Lipinski definition) is 1. The highest BCUT2D eigenvalue weighted by atomic mass is 16.5. The van der Waals surface area contributed by atoms with E-state index in [1.807, 2.05) is 0 Å². The minimum atomic E-state index is 0.197. The molecule has 2 aliphatic heterocycles. The van der Waals surface area contributed by atoms with Crippen LogP contribution in [0.3, 0.4) is 0 Å². The molecule has 20 heavy (non-hydrogen) atoms. The van der Waals surface area contributed by atoms with Crippen LogP contribution < -0.4 is 5.73 Å². The van der Waals surface area contributed by atoms with Crippen molar-refractivity contribution in [3.8, 4) is 0 Å². The van der Waals surface area contributed by atoms with Crippen molar-refractivity contribution in [3.63, 3.8) is 0 Å². The number of carbonyl (C=O) groups is 1. The van der Waals surface area contributed by atoms with Crippen molar-refractivity contribution in [1.82, 2.24) is 4.90 Å². The van der Waals surface area contributed by atoms with Crippen LogP contribution in [0, 0.1) is 11.3 Å². The normalized spacial score (nSPS) is 34.1. The van der Waals surface area contributed by atoms with Crippen LogP contribution in [0.1, 0.15) is 51.4 Å². The molecular weight excluding hydrogens is 252 g/mol. The van der Waals surface area contributed by atoms with E-state index in [9.17, 15) is 4.79 Å². The molecule has 2 saturated heterocycles. The summed E-state index contributed by atoms with van der Waals surface area (Å²) in [5, 5.41) is 0. The highest BCUT2D eigenvalue weighted by Gasteiger charge is 2.38. The summed E-state index contributed by atoms with van der Waals surface area (Å²) in [5.74, 6) is 0.574. The Morgan fingerprint density at radius 3 is 2.45 bits per heavy atom. The lowest BCUT2D eigenvalue weighted by atomic mass is 9.72. The number of likely N-dealkylation sites (tertiary alicyclic amines) is 1. The van der Waals surface area contributed by atoms with E-state index in [2.05, 4.69) is 4.90 Å². The summed E-state index contributed by atoms with van der Waals surface area (Å²) >= 11 is 0. The molecule has 0 aromatic carbocycles. The van der Waals surface area contributed by atoms with Gasteiger partial charge in [-0.15, -0.1) is 0 Å². The molecule has 3 aliphatic rings. The third kappa shape index (κ3) is 3.01. The monoisotopic (exact) mass is 280 g/mol. The first-order valence-corrected chi connectivity index (χ1v) is 8.31. The summed E-state index contributed by atoms with van der Waals surface area (Å²) in [4.78, 5) is 14.7. The second-order valence-electron chi connectivity index (χ2n) is 7.06. The fourth-order valence-electron chi connectivity index (χ4n) is 4.22. The lowest BCUT2D eigenvalue weighted by Crippen LogP contribution is -2.48.